The van der Waals surface area contributed by atoms with E-state index in [4.69, 9.17) is 14.2 Å². The largest absolute Gasteiger partial charge is 0.463 e. The number of benzene rings is 1. The predicted octanol–water partition coefficient (Wildman–Crippen LogP) is 2.84. The monoisotopic (exact) mass is 342 g/mol. The third-order valence-corrected chi connectivity index (χ3v) is 2.72. The van der Waals surface area contributed by atoms with Gasteiger partial charge >= 0.3 is 11.9 Å². The van der Waals surface area contributed by atoms with Crippen LogP contribution in [0.25, 0.3) is 0 Å². The van der Waals surface area contributed by atoms with Crippen LogP contribution in [0.15, 0.2) is 40.6 Å². The Bertz CT molecular complexity index is 510. The van der Waals surface area contributed by atoms with Gasteiger partial charge in [0, 0.05) is 0 Å². The third kappa shape index (κ3) is 5.05. The average Bonchev–Trinajstić information content (AvgIpc) is 2.41. The molecule has 0 radical (unpaired) electrons. The quantitative estimate of drug-likeness (QED) is 0.452. The van der Waals surface area contributed by atoms with Crippen LogP contribution in [0.1, 0.15) is 13.8 Å². The van der Waals surface area contributed by atoms with Crippen molar-refractivity contribution in [3.8, 4) is 5.75 Å². The van der Waals surface area contributed by atoms with E-state index in [2.05, 4.69) is 15.9 Å². The van der Waals surface area contributed by atoms with Crippen molar-refractivity contribution in [1.82, 2.24) is 0 Å². The second-order valence-corrected chi connectivity index (χ2v) is 4.37. The molecule has 0 saturated heterocycles. The van der Waals surface area contributed by atoms with E-state index in [1.165, 1.54) is 0 Å². The van der Waals surface area contributed by atoms with Crippen LogP contribution in [0, 0.1) is 0 Å². The fraction of sp³-hybridized carbons (Fsp3) is 0.286. The molecule has 108 valence electrons. The molecule has 0 heterocycles. The Labute approximate surface area is 125 Å². The van der Waals surface area contributed by atoms with Gasteiger partial charge in [-0.25, -0.2) is 9.59 Å². The first-order valence-electron chi connectivity index (χ1n) is 6.06. The fourth-order valence-corrected chi connectivity index (χ4v) is 1.63. The van der Waals surface area contributed by atoms with E-state index in [1.807, 2.05) is 0 Å². The summed E-state index contributed by atoms with van der Waals surface area (Å²) in [5, 5.41) is 0. The molecule has 1 rings (SSSR count). The Hall–Kier alpha value is -1.82. The molecule has 20 heavy (non-hydrogen) atoms. The highest BCUT2D eigenvalue weighted by molar-refractivity contribution is 9.10. The van der Waals surface area contributed by atoms with Crippen molar-refractivity contribution in [2.75, 3.05) is 13.2 Å². The summed E-state index contributed by atoms with van der Waals surface area (Å²) < 4.78 is 15.7. The summed E-state index contributed by atoms with van der Waals surface area (Å²) in [4.78, 5) is 23.2. The van der Waals surface area contributed by atoms with Crippen LogP contribution in [0.3, 0.4) is 0 Å². The summed E-state index contributed by atoms with van der Waals surface area (Å²) in [7, 11) is 0. The molecule has 0 fully saturated rings. The van der Waals surface area contributed by atoms with Gasteiger partial charge in [-0.2, -0.15) is 0 Å². The lowest BCUT2D eigenvalue weighted by Crippen LogP contribution is -2.15. The van der Waals surface area contributed by atoms with Gasteiger partial charge in [-0.15, -0.1) is 0 Å². The SMILES string of the molecule is CCOC(=O)/C=C(/Oc1ccccc1Br)C(=O)OCC. The number of ether oxygens (including phenoxy) is 3. The van der Waals surface area contributed by atoms with Crippen molar-refractivity contribution in [3.63, 3.8) is 0 Å². The number of hydrogen-bond acceptors (Lipinski definition) is 5. The normalized spacial score (nSPS) is 10.8. The number of hydrogen-bond donors (Lipinski definition) is 0. The highest BCUT2D eigenvalue weighted by atomic mass is 79.9. The lowest BCUT2D eigenvalue weighted by Gasteiger charge is -2.10. The Balaban J connectivity index is 2.96. The van der Waals surface area contributed by atoms with Gasteiger partial charge in [-0.1, -0.05) is 12.1 Å². The van der Waals surface area contributed by atoms with Crippen molar-refractivity contribution < 1.29 is 23.8 Å². The van der Waals surface area contributed by atoms with Crippen LogP contribution in [-0.2, 0) is 19.1 Å². The highest BCUT2D eigenvalue weighted by Gasteiger charge is 2.17. The van der Waals surface area contributed by atoms with Crippen molar-refractivity contribution in [2.24, 2.45) is 0 Å². The van der Waals surface area contributed by atoms with E-state index in [0.29, 0.717) is 10.2 Å². The molecule has 0 aliphatic heterocycles. The minimum Gasteiger partial charge on any atom is -0.463 e. The molecular weight excluding hydrogens is 328 g/mol. The smallest absolute Gasteiger partial charge is 0.374 e. The number of halogens is 1. The van der Waals surface area contributed by atoms with Crippen molar-refractivity contribution in [2.45, 2.75) is 13.8 Å². The first kappa shape index (κ1) is 16.2. The van der Waals surface area contributed by atoms with Crippen LogP contribution in [0.5, 0.6) is 5.75 Å². The molecule has 0 aliphatic carbocycles. The minimum absolute atomic E-state index is 0.179. The first-order chi connectivity index (χ1) is 9.58. The maximum Gasteiger partial charge on any atom is 0.374 e. The number of carbonyl (C=O) groups excluding carboxylic acids is 2. The van der Waals surface area contributed by atoms with Crippen LogP contribution in [0.4, 0.5) is 0 Å². The first-order valence-corrected chi connectivity index (χ1v) is 6.85. The highest BCUT2D eigenvalue weighted by Crippen LogP contribution is 2.26. The zero-order valence-corrected chi connectivity index (χ0v) is 12.8. The molecule has 0 atom stereocenters. The van der Waals surface area contributed by atoms with Gasteiger partial charge in [0.1, 0.15) is 5.75 Å². The predicted molar refractivity (Wildman–Crippen MR) is 76.1 cm³/mol. The molecule has 0 aromatic heterocycles. The fourth-order valence-electron chi connectivity index (χ4n) is 1.27. The number of carbonyl (C=O) groups is 2. The summed E-state index contributed by atoms with van der Waals surface area (Å²) in [6.45, 7) is 3.72. The van der Waals surface area contributed by atoms with Gasteiger partial charge in [0.25, 0.3) is 0 Å². The van der Waals surface area contributed by atoms with Crippen molar-refractivity contribution >= 4 is 27.9 Å². The van der Waals surface area contributed by atoms with E-state index in [9.17, 15) is 9.59 Å². The van der Waals surface area contributed by atoms with Crippen LogP contribution in [0.2, 0.25) is 0 Å². The van der Waals surface area contributed by atoms with Gasteiger partial charge in [-0.3, -0.25) is 0 Å². The van der Waals surface area contributed by atoms with Gasteiger partial charge in [0.2, 0.25) is 5.76 Å². The van der Waals surface area contributed by atoms with Crippen LogP contribution < -0.4 is 4.74 Å². The summed E-state index contributed by atoms with van der Waals surface area (Å²) in [6.07, 6.45) is 0.973. The topological polar surface area (TPSA) is 61.8 Å². The summed E-state index contributed by atoms with van der Waals surface area (Å²) in [5.74, 6) is -1.22. The summed E-state index contributed by atoms with van der Waals surface area (Å²) in [6, 6.07) is 6.95. The van der Waals surface area contributed by atoms with Gasteiger partial charge in [0.15, 0.2) is 0 Å². The van der Waals surface area contributed by atoms with Crippen LogP contribution >= 0.6 is 15.9 Å². The van der Waals surface area contributed by atoms with E-state index in [1.54, 1.807) is 38.1 Å². The average molecular weight is 343 g/mol. The van der Waals surface area contributed by atoms with Crippen LogP contribution in [-0.4, -0.2) is 25.2 Å². The van der Waals surface area contributed by atoms with E-state index in [0.717, 1.165) is 6.08 Å². The summed E-state index contributed by atoms with van der Waals surface area (Å²) in [5.41, 5.74) is 0. The molecule has 0 aliphatic rings. The molecule has 0 saturated carbocycles. The van der Waals surface area contributed by atoms with Gasteiger partial charge in [-0.05, 0) is 41.9 Å². The zero-order valence-electron chi connectivity index (χ0n) is 11.2. The molecule has 0 amide bonds. The molecular formula is C14H15BrO5. The van der Waals surface area contributed by atoms with E-state index in [-0.39, 0.29) is 19.0 Å². The minimum atomic E-state index is -0.726. The summed E-state index contributed by atoms with van der Waals surface area (Å²) >= 11 is 3.29. The molecule has 6 heteroatoms. The standard InChI is InChI=1S/C14H15BrO5/c1-3-18-13(16)9-12(14(17)19-4-2)20-11-8-6-5-7-10(11)15/h5-9H,3-4H2,1-2H3/b12-9+. The zero-order chi connectivity index (χ0) is 15.0. The Morgan fingerprint density at radius 1 is 1.15 bits per heavy atom. The second kappa shape index (κ2) is 8.37. The Morgan fingerprint density at radius 2 is 1.80 bits per heavy atom. The lowest BCUT2D eigenvalue weighted by atomic mass is 10.3. The molecule has 0 N–H and O–H groups in total. The van der Waals surface area contributed by atoms with E-state index < -0.39 is 11.9 Å². The molecule has 0 unspecified atom stereocenters. The maximum atomic E-state index is 11.8. The molecule has 0 bridgehead atoms. The second-order valence-electron chi connectivity index (χ2n) is 3.51. The third-order valence-electron chi connectivity index (χ3n) is 2.07. The number of esters is 2. The molecule has 1 aromatic carbocycles. The van der Waals surface area contributed by atoms with Gasteiger partial charge in [0.05, 0.1) is 23.8 Å². The number of rotatable bonds is 6. The molecule has 5 nitrogen and oxygen atoms in total. The molecule has 0 spiro atoms. The lowest BCUT2D eigenvalue weighted by molar-refractivity contribution is -0.143. The van der Waals surface area contributed by atoms with E-state index >= 15 is 0 Å². The number of para-hydroxylation sites is 1. The van der Waals surface area contributed by atoms with Crippen molar-refractivity contribution in [1.29, 1.82) is 0 Å². The Kier molecular flexibility index (Phi) is 6.79. The maximum absolute atomic E-state index is 11.8. The van der Waals surface area contributed by atoms with Crippen molar-refractivity contribution in [3.05, 3.63) is 40.6 Å². The van der Waals surface area contributed by atoms with Gasteiger partial charge < -0.3 is 14.2 Å². The molecule has 1 aromatic rings. The Morgan fingerprint density at radius 3 is 2.40 bits per heavy atom.